The summed E-state index contributed by atoms with van der Waals surface area (Å²) in [6.07, 6.45) is 0.172. The number of anilines is 1. The maximum absolute atomic E-state index is 5.90. The summed E-state index contributed by atoms with van der Waals surface area (Å²) in [6.45, 7) is 9.17. The predicted molar refractivity (Wildman–Crippen MR) is 89.6 cm³/mol. The average molecular weight is 306 g/mol. The molecule has 1 aromatic rings. The second-order valence-corrected chi connectivity index (χ2v) is 5.54. The van der Waals surface area contributed by atoms with Crippen LogP contribution >= 0.6 is 0 Å². The number of hydrogen-bond acceptors (Lipinski definition) is 4. The molecule has 2 rings (SSSR count). The molecule has 122 valence electrons. The monoisotopic (exact) mass is 306 g/mol. The first-order valence-corrected chi connectivity index (χ1v) is 7.77. The summed E-state index contributed by atoms with van der Waals surface area (Å²) in [7, 11) is 0. The molecule has 1 aromatic carbocycles. The van der Waals surface area contributed by atoms with Gasteiger partial charge in [0.2, 0.25) is 0 Å². The molecule has 0 bridgehead atoms. The maximum atomic E-state index is 5.90. The number of nitrogens with one attached hydrogen (secondary N) is 1. The molecule has 1 saturated heterocycles. The highest BCUT2D eigenvalue weighted by atomic mass is 16.5. The maximum Gasteiger partial charge on any atom is 0.193 e. The third-order valence-electron chi connectivity index (χ3n) is 3.30. The van der Waals surface area contributed by atoms with E-state index in [0.29, 0.717) is 12.5 Å². The summed E-state index contributed by atoms with van der Waals surface area (Å²) >= 11 is 0. The lowest BCUT2D eigenvalue weighted by molar-refractivity contribution is 0.0394. The van der Waals surface area contributed by atoms with E-state index in [1.54, 1.807) is 0 Å². The molecule has 1 heterocycles. The number of nitrogens with zero attached hydrogens (tertiary/aromatic N) is 2. The number of ether oxygens (including phenoxy) is 2. The summed E-state index contributed by atoms with van der Waals surface area (Å²) in [4.78, 5) is 6.69. The van der Waals surface area contributed by atoms with Gasteiger partial charge in [-0.05, 0) is 38.1 Å². The zero-order valence-electron chi connectivity index (χ0n) is 13.4. The van der Waals surface area contributed by atoms with Crippen LogP contribution in [0.3, 0.4) is 0 Å². The number of morpholine rings is 1. The first-order chi connectivity index (χ1) is 10.6. The van der Waals surface area contributed by atoms with Crippen molar-refractivity contribution in [2.24, 2.45) is 10.7 Å². The van der Waals surface area contributed by atoms with Crippen LogP contribution in [-0.2, 0) is 4.74 Å². The van der Waals surface area contributed by atoms with E-state index >= 15 is 0 Å². The van der Waals surface area contributed by atoms with Crippen molar-refractivity contribution in [3.8, 4) is 5.75 Å². The lowest BCUT2D eigenvalue weighted by atomic mass is 10.3. The fourth-order valence-corrected chi connectivity index (χ4v) is 2.21. The number of guanidine groups is 1. The van der Waals surface area contributed by atoms with Crippen molar-refractivity contribution in [1.29, 1.82) is 0 Å². The molecule has 1 fully saturated rings. The summed E-state index contributed by atoms with van der Waals surface area (Å²) in [6, 6.07) is 7.71. The number of aliphatic imine (C=N–C) groups is 1. The topological polar surface area (TPSA) is 72.1 Å². The van der Waals surface area contributed by atoms with E-state index in [4.69, 9.17) is 15.2 Å². The van der Waals surface area contributed by atoms with E-state index in [1.807, 2.05) is 38.1 Å². The van der Waals surface area contributed by atoms with Gasteiger partial charge in [-0.25, -0.2) is 0 Å². The molecule has 6 nitrogen and oxygen atoms in total. The normalized spacial score (nSPS) is 16.8. The Kier molecular flexibility index (Phi) is 6.48. The van der Waals surface area contributed by atoms with E-state index in [9.17, 15) is 0 Å². The average Bonchev–Trinajstić information content (AvgIpc) is 2.50. The SMILES string of the molecule is CC(C)Oc1ccc(NC(N)=NCCN2CCOCC2)cc1. The zero-order chi connectivity index (χ0) is 15.8. The van der Waals surface area contributed by atoms with Gasteiger partial charge in [0.25, 0.3) is 0 Å². The minimum atomic E-state index is 0.172. The molecule has 6 heteroatoms. The van der Waals surface area contributed by atoms with Crippen LogP contribution in [0.5, 0.6) is 5.75 Å². The number of rotatable bonds is 6. The van der Waals surface area contributed by atoms with Crippen LogP contribution in [0, 0.1) is 0 Å². The number of nitrogens with two attached hydrogens (primary N) is 1. The Morgan fingerprint density at radius 3 is 2.64 bits per heavy atom. The van der Waals surface area contributed by atoms with Gasteiger partial charge >= 0.3 is 0 Å². The van der Waals surface area contributed by atoms with Gasteiger partial charge < -0.3 is 20.5 Å². The smallest absolute Gasteiger partial charge is 0.193 e. The highest BCUT2D eigenvalue weighted by molar-refractivity contribution is 5.92. The highest BCUT2D eigenvalue weighted by Crippen LogP contribution is 2.16. The molecule has 0 aliphatic carbocycles. The molecule has 3 N–H and O–H groups in total. The van der Waals surface area contributed by atoms with Crippen LogP contribution in [-0.4, -0.2) is 56.4 Å². The van der Waals surface area contributed by atoms with E-state index in [1.165, 1.54) is 0 Å². The fraction of sp³-hybridized carbons (Fsp3) is 0.562. The summed E-state index contributed by atoms with van der Waals surface area (Å²) in [5.74, 6) is 1.29. The van der Waals surface area contributed by atoms with Crippen molar-refractivity contribution in [2.75, 3.05) is 44.7 Å². The zero-order valence-corrected chi connectivity index (χ0v) is 13.4. The van der Waals surface area contributed by atoms with Crippen LogP contribution in [0.2, 0.25) is 0 Å². The fourth-order valence-electron chi connectivity index (χ4n) is 2.21. The number of benzene rings is 1. The molecule has 1 aliphatic heterocycles. The van der Waals surface area contributed by atoms with Gasteiger partial charge in [0.1, 0.15) is 5.75 Å². The van der Waals surface area contributed by atoms with Crippen molar-refractivity contribution in [2.45, 2.75) is 20.0 Å². The molecular formula is C16H26N4O2. The molecule has 0 radical (unpaired) electrons. The van der Waals surface area contributed by atoms with Gasteiger partial charge in [-0.3, -0.25) is 9.89 Å². The van der Waals surface area contributed by atoms with Gasteiger partial charge in [-0.1, -0.05) is 0 Å². The van der Waals surface area contributed by atoms with E-state index in [-0.39, 0.29) is 6.10 Å². The van der Waals surface area contributed by atoms with E-state index < -0.39 is 0 Å². The summed E-state index contributed by atoms with van der Waals surface area (Å²) < 4.78 is 10.9. The van der Waals surface area contributed by atoms with Crippen molar-refractivity contribution in [3.63, 3.8) is 0 Å². The van der Waals surface area contributed by atoms with Crippen LogP contribution in [0.4, 0.5) is 5.69 Å². The van der Waals surface area contributed by atoms with Gasteiger partial charge in [0.15, 0.2) is 5.96 Å². The molecule has 0 amide bonds. The van der Waals surface area contributed by atoms with Crippen molar-refractivity contribution in [1.82, 2.24) is 4.90 Å². The Labute approximate surface area is 132 Å². The highest BCUT2D eigenvalue weighted by Gasteiger charge is 2.08. The number of hydrogen-bond donors (Lipinski definition) is 2. The van der Waals surface area contributed by atoms with E-state index in [2.05, 4.69) is 15.2 Å². The van der Waals surface area contributed by atoms with Crippen LogP contribution in [0.15, 0.2) is 29.3 Å². The van der Waals surface area contributed by atoms with Gasteiger partial charge in [-0.2, -0.15) is 0 Å². The summed E-state index contributed by atoms with van der Waals surface area (Å²) in [5, 5.41) is 3.09. The quantitative estimate of drug-likeness (QED) is 0.616. The second kappa shape index (κ2) is 8.60. The molecule has 0 aromatic heterocycles. The van der Waals surface area contributed by atoms with E-state index in [0.717, 1.165) is 44.3 Å². The lowest BCUT2D eigenvalue weighted by Crippen LogP contribution is -2.38. The molecule has 0 spiro atoms. The Balaban J connectivity index is 1.75. The Morgan fingerprint density at radius 1 is 1.32 bits per heavy atom. The lowest BCUT2D eigenvalue weighted by Gasteiger charge is -2.25. The van der Waals surface area contributed by atoms with Crippen molar-refractivity contribution < 1.29 is 9.47 Å². The third-order valence-corrected chi connectivity index (χ3v) is 3.30. The Morgan fingerprint density at radius 2 is 2.00 bits per heavy atom. The molecule has 22 heavy (non-hydrogen) atoms. The van der Waals surface area contributed by atoms with Crippen LogP contribution in [0.1, 0.15) is 13.8 Å². The van der Waals surface area contributed by atoms with Gasteiger partial charge in [0.05, 0.1) is 25.9 Å². The second-order valence-electron chi connectivity index (χ2n) is 5.54. The largest absolute Gasteiger partial charge is 0.491 e. The third kappa shape index (κ3) is 5.91. The first kappa shape index (κ1) is 16.6. The standard InChI is InChI=1S/C16H26N4O2/c1-13(2)22-15-5-3-14(4-6-15)19-16(17)18-7-8-20-9-11-21-12-10-20/h3-6,13H,7-12H2,1-2H3,(H3,17,18,19). The van der Waals surface area contributed by atoms with Gasteiger partial charge in [-0.15, -0.1) is 0 Å². The summed E-state index contributed by atoms with van der Waals surface area (Å²) in [5.41, 5.74) is 6.81. The molecule has 0 atom stereocenters. The molecular weight excluding hydrogens is 280 g/mol. The van der Waals surface area contributed by atoms with Gasteiger partial charge in [0, 0.05) is 25.3 Å². The molecule has 0 unspecified atom stereocenters. The molecule has 1 aliphatic rings. The Hall–Kier alpha value is -1.79. The minimum absolute atomic E-state index is 0.172. The van der Waals surface area contributed by atoms with Crippen molar-refractivity contribution >= 4 is 11.6 Å². The van der Waals surface area contributed by atoms with Crippen LogP contribution < -0.4 is 15.8 Å². The predicted octanol–water partition coefficient (Wildman–Crippen LogP) is 1.53. The molecule has 0 saturated carbocycles. The van der Waals surface area contributed by atoms with Crippen molar-refractivity contribution in [3.05, 3.63) is 24.3 Å². The Bertz CT molecular complexity index is 468. The van der Waals surface area contributed by atoms with Crippen LogP contribution in [0.25, 0.3) is 0 Å². The first-order valence-electron chi connectivity index (χ1n) is 7.77. The minimum Gasteiger partial charge on any atom is -0.491 e.